The standard InChI is InChI=1S/C25H29NO3/c1-6-15-7-9-16(10-8-15)23-17-11-21(28-4)22(29-5)12-18(17)26-19-13-25(2,3)14-20(27)24(19)23/h7-12,23,26H,6,13-14H2,1-5H3. The Morgan fingerprint density at radius 3 is 2.31 bits per heavy atom. The maximum atomic E-state index is 13.3. The molecule has 0 radical (unpaired) electrons. The zero-order valence-electron chi connectivity index (χ0n) is 17.9. The second-order valence-corrected chi connectivity index (χ2v) is 8.78. The van der Waals surface area contributed by atoms with Crippen molar-refractivity contribution < 1.29 is 14.3 Å². The fourth-order valence-electron chi connectivity index (χ4n) is 4.63. The summed E-state index contributed by atoms with van der Waals surface area (Å²) in [7, 11) is 3.29. The van der Waals surface area contributed by atoms with E-state index in [1.165, 1.54) is 5.56 Å². The number of ether oxygens (including phenoxy) is 2. The first kappa shape index (κ1) is 19.6. The molecule has 0 saturated carbocycles. The lowest BCUT2D eigenvalue weighted by Gasteiger charge is -2.39. The summed E-state index contributed by atoms with van der Waals surface area (Å²) < 4.78 is 11.1. The van der Waals surface area contributed by atoms with Crippen molar-refractivity contribution in [2.75, 3.05) is 19.5 Å². The van der Waals surface area contributed by atoms with Crippen LogP contribution in [-0.2, 0) is 11.2 Å². The fourth-order valence-corrected chi connectivity index (χ4v) is 4.63. The van der Waals surface area contributed by atoms with Crippen molar-refractivity contribution in [1.29, 1.82) is 0 Å². The number of allylic oxidation sites excluding steroid dienone is 2. The summed E-state index contributed by atoms with van der Waals surface area (Å²) in [4.78, 5) is 13.3. The Balaban J connectivity index is 1.93. The van der Waals surface area contributed by atoms with E-state index in [2.05, 4.69) is 50.4 Å². The molecule has 1 N–H and O–H groups in total. The number of aryl methyl sites for hydroxylation is 1. The van der Waals surface area contributed by atoms with Crippen molar-refractivity contribution in [3.63, 3.8) is 0 Å². The van der Waals surface area contributed by atoms with Crippen molar-refractivity contribution in [1.82, 2.24) is 0 Å². The molecular formula is C25H29NO3. The second-order valence-electron chi connectivity index (χ2n) is 8.78. The van der Waals surface area contributed by atoms with Gasteiger partial charge in [-0.2, -0.15) is 0 Å². The van der Waals surface area contributed by atoms with Crippen LogP contribution >= 0.6 is 0 Å². The highest BCUT2D eigenvalue weighted by Crippen LogP contribution is 2.51. The maximum absolute atomic E-state index is 13.3. The van der Waals surface area contributed by atoms with Crippen LogP contribution in [-0.4, -0.2) is 20.0 Å². The first-order valence-electron chi connectivity index (χ1n) is 10.2. The van der Waals surface area contributed by atoms with E-state index in [-0.39, 0.29) is 17.1 Å². The van der Waals surface area contributed by atoms with Crippen LogP contribution in [0.25, 0.3) is 0 Å². The van der Waals surface area contributed by atoms with Crippen LogP contribution in [0.4, 0.5) is 5.69 Å². The van der Waals surface area contributed by atoms with Crippen LogP contribution in [0, 0.1) is 5.41 Å². The van der Waals surface area contributed by atoms with Crippen molar-refractivity contribution in [2.24, 2.45) is 5.41 Å². The van der Waals surface area contributed by atoms with Gasteiger partial charge in [0.1, 0.15) is 0 Å². The number of nitrogens with one attached hydrogen (secondary N) is 1. The summed E-state index contributed by atoms with van der Waals surface area (Å²) in [6.45, 7) is 6.47. The number of Topliss-reactive ketones (excluding diaryl/α,β-unsaturated/α-hetero) is 1. The molecule has 0 fully saturated rings. The third-order valence-corrected chi connectivity index (χ3v) is 6.08. The molecule has 0 saturated heterocycles. The molecule has 1 unspecified atom stereocenters. The number of hydrogen-bond acceptors (Lipinski definition) is 4. The average molecular weight is 392 g/mol. The number of carbonyl (C=O) groups excluding carboxylic acids is 1. The van der Waals surface area contributed by atoms with Gasteiger partial charge in [0.05, 0.1) is 14.2 Å². The average Bonchev–Trinajstić information content (AvgIpc) is 2.70. The molecule has 152 valence electrons. The highest BCUT2D eigenvalue weighted by atomic mass is 16.5. The van der Waals surface area contributed by atoms with Crippen molar-refractivity contribution in [2.45, 2.75) is 46.0 Å². The molecule has 0 aromatic heterocycles. The third kappa shape index (κ3) is 3.41. The summed E-state index contributed by atoms with van der Waals surface area (Å²) in [5.74, 6) is 1.49. The maximum Gasteiger partial charge on any atom is 0.162 e. The van der Waals surface area contributed by atoms with Gasteiger partial charge in [0.2, 0.25) is 0 Å². The topological polar surface area (TPSA) is 47.6 Å². The largest absolute Gasteiger partial charge is 0.493 e. The van der Waals surface area contributed by atoms with Crippen LogP contribution in [0.5, 0.6) is 11.5 Å². The number of ketones is 1. The molecule has 1 aliphatic carbocycles. The Kier molecular flexibility index (Phi) is 4.89. The molecule has 4 heteroatoms. The van der Waals surface area contributed by atoms with E-state index in [0.717, 1.165) is 40.9 Å². The lowest BCUT2D eigenvalue weighted by Crippen LogP contribution is -2.33. The van der Waals surface area contributed by atoms with Crippen LogP contribution in [0.1, 0.15) is 56.2 Å². The Morgan fingerprint density at radius 2 is 1.69 bits per heavy atom. The van der Waals surface area contributed by atoms with E-state index < -0.39 is 0 Å². The zero-order valence-corrected chi connectivity index (χ0v) is 17.9. The number of anilines is 1. The van der Waals surface area contributed by atoms with Gasteiger partial charge in [-0.25, -0.2) is 0 Å². The lowest BCUT2D eigenvalue weighted by molar-refractivity contribution is -0.118. The Labute approximate surface area is 172 Å². The predicted molar refractivity (Wildman–Crippen MR) is 116 cm³/mol. The fraction of sp³-hybridized carbons (Fsp3) is 0.400. The molecule has 1 heterocycles. The van der Waals surface area contributed by atoms with Crippen molar-refractivity contribution >= 4 is 11.5 Å². The quantitative estimate of drug-likeness (QED) is 0.751. The molecule has 0 spiro atoms. The predicted octanol–water partition coefficient (Wildman–Crippen LogP) is 5.47. The smallest absolute Gasteiger partial charge is 0.162 e. The van der Waals surface area contributed by atoms with E-state index >= 15 is 0 Å². The minimum Gasteiger partial charge on any atom is -0.493 e. The third-order valence-electron chi connectivity index (χ3n) is 6.08. The highest BCUT2D eigenvalue weighted by Gasteiger charge is 2.41. The zero-order chi connectivity index (χ0) is 20.8. The van der Waals surface area contributed by atoms with Gasteiger partial charge in [-0.1, -0.05) is 45.0 Å². The van der Waals surface area contributed by atoms with Gasteiger partial charge in [-0.05, 0) is 41.0 Å². The van der Waals surface area contributed by atoms with Gasteiger partial charge < -0.3 is 14.8 Å². The summed E-state index contributed by atoms with van der Waals surface area (Å²) in [6.07, 6.45) is 2.42. The Bertz CT molecular complexity index is 986. The van der Waals surface area contributed by atoms with Gasteiger partial charge in [0, 0.05) is 35.4 Å². The number of methoxy groups -OCH3 is 2. The molecule has 2 aliphatic rings. The first-order chi connectivity index (χ1) is 13.9. The Hall–Kier alpha value is -2.75. The van der Waals surface area contributed by atoms with E-state index in [9.17, 15) is 4.79 Å². The van der Waals surface area contributed by atoms with Crippen molar-refractivity contribution in [3.8, 4) is 11.5 Å². The number of fused-ring (bicyclic) bond motifs is 1. The molecule has 29 heavy (non-hydrogen) atoms. The number of carbonyl (C=O) groups is 1. The van der Waals surface area contributed by atoms with E-state index in [1.807, 2.05) is 12.1 Å². The Morgan fingerprint density at radius 1 is 1.03 bits per heavy atom. The first-order valence-corrected chi connectivity index (χ1v) is 10.2. The number of benzene rings is 2. The van der Waals surface area contributed by atoms with E-state index in [1.54, 1.807) is 14.2 Å². The van der Waals surface area contributed by atoms with Gasteiger partial charge in [-0.15, -0.1) is 0 Å². The second kappa shape index (κ2) is 7.25. The van der Waals surface area contributed by atoms with Gasteiger partial charge >= 0.3 is 0 Å². The minimum absolute atomic E-state index is 0.0480. The molecule has 2 aromatic carbocycles. The summed E-state index contributed by atoms with van der Waals surface area (Å²) in [5.41, 5.74) is 6.35. The molecule has 2 aromatic rings. The van der Waals surface area contributed by atoms with Crippen LogP contribution in [0.2, 0.25) is 0 Å². The summed E-state index contributed by atoms with van der Waals surface area (Å²) >= 11 is 0. The van der Waals surface area contributed by atoms with Crippen molar-refractivity contribution in [3.05, 3.63) is 64.4 Å². The molecule has 4 nitrogen and oxygen atoms in total. The van der Waals surface area contributed by atoms with Crippen LogP contribution < -0.4 is 14.8 Å². The normalized spacial score (nSPS) is 19.9. The number of rotatable bonds is 4. The molecule has 1 atom stereocenters. The summed E-state index contributed by atoms with van der Waals surface area (Å²) in [5, 5.41) is 3.56. The summed E-state index contributed by atoms with van der Waals surface area (Å²) in [6, 6.07) is 12.6. The highest BCUT2D eigenvalue weighted by molar-refractivity contribution is 6.01. The van der Waals surface area contributed by atoms with E-state index in [0.29, 0.717) is 17.9 Å². The molecular weight excluding hydrogens is 362 g/mol. The van der Waals surface area contributed by atoms with Crippen LogP contribution in [0.3, 0.4) is 0 Å². The lowest BCUT2D eigenvalue weighted by atomic mass is 9.68. The molecule has 4 rings (SSSR count). The van der Waals surface area contributed by atoms with E-state index in [4.69, 9.17) is 9.47 Å². The van der Waals surface area contributed by atoms with Gasteiger partial charge in [0.15, 0.2) is 17.3 Å². The SMILES string of the molecule is CCc1ccc(C2C3=C(CC(C)(C)CC3=O)Nc3cc(OC)c(OC)cc32)cc1. The van der Waals surface area contributed by atoms with Gasteiger partial charge in [-0.3, -0.25) is 4.79 Å². The van der Waals surface area contributed by atoms with Gasteiger partial charge in [0.25, 0.3) is 0 Å². The molecule has 0 amide bonds. The van der Waals surface area contributed by atoms with Crippen LogP contribution in [0.15, 0.2) is 47.7 Å². The number of hydrogen-bond donors (Lipinski definition) is 1. The minimum atomic E-state index is -0.101. The molecule has 1 aliphatic heterocycles. The molecule has 0 bridgehead atoms. The monoisotopic (exact) mass is 391 g/mol.